The smallest absolute Gasteiger partial charge is 0.148 e. The molecule has 1 rings (SSSR count). The van der Waals surface area contributed by atoms with Crippen molar-refractivity contribution in [2.75, 3.05) is 18.6 Å². The largest absolute Gasteiger partial charge is 0.313 e. The van der Waals surface area contributed by atoms with Gasteiger partial charge in [0.1, 0.15) is 15.7 Å². The Hall–Kier alpha value is -0.650. The molecule has 0 spiro atoms. The van der Waals surface area contributed by atoms with Crippen LogP contribution in [0.5, 0.6) is 0 Å². The van der Waals surface area contributed by atoms with Crippen molar-refractivity contribution < 1.29 is 12.8 Å². The van der Waals surface area contributed by atoms with Crippen molar-refractivity contribution in [3.63, 3.8) is 0 Å². The molecule has 0 aliphatic heterocycles. The number of hydrogen-bond donors (Lipinski definition) is 1. The van der Waals surface area contributed by atoms with Gasteiger partial charge in [-0.25, -0.2) is 12.8 Å². The van der Waals surface area contributed by atoms with Crippen LogP contribution in [-0.4, -0.2) is 33.0 Å². The average Bonchev–Trinajstić information content (AvgIpc) is 2.29. The molecule has 0 amide bonds. The highest BCUT2D eigenvalue weighted by Gasteiger charge is 2.17. The van der Waals surface area contributed by atoms with Crippen LogP contribution in [0.3, 0.4) is 0 Å². The molecule has 0 saturated heterocycles. The van der Waals surface area contributed by atoms with E-state index in [1.54, 1.807) is 0 Å². The predicted octanol–water partition coefficient (Wildman–Crippen LogP) is 2.43. The summed E-state index contributed by atoms with van der Waals surface area (Å²) in [6, 6.07) is 3.88. The van der Waals surface area contributed by atoms with Crippen LogP contribution in [0.4, 0.5) is 4.39 Å². The molecule has 1 unspecified atom stereocenters. The Bertz CT molecular complexity index is 519. The second-order valence-electron chi connectivity index (χ2n) is 4.68. The van der Waals surface area contributed by atoms with Gasteiger partial charge in [0.25, 0.3) is 0 Å². The monoisotopic (exact) mass is 307 g/mol. The lowest BCUT2D eigenvalue weighted by molar-refractivity contribution is 0.529. The molecule has 19 heavy (non-hydrogen) atoms. The second kappa shape index (κ2) is 7.22. The Kier molecular flexibility index (Phi) is 6.23. The molecular weight excluding hydrogens is 289 g/mol. The predicted molar refractivity (Wildman–Crippen MR) is 76.9 cm³/mol. The number of rotatable bonds is 7. The average molecular weight is 308 g/mol. The first-order chi connectivity index (χ1) is 8.81. The van der Waals surface area contributed by atoms with E-state index in [0.717, 1.165) is 6.42 Å². The van der Waals surface area contributed by atoms with E-state index in [0.29, 0.717) is 23.6 Å². The molecule has 3 nitrogen and oxygen atoms in total. The fourth-order valence-corrected chi connectivity index (χ4v) is 3.03. The van der Waals surface area contributed by atoms with Crippen LogP contribution in [0.2, 0.25) is 5.02 Å². The van der Waals surface area contributed by atoms with E-state index in [2.05, 4.69) is 5.32 Å². The van der Waals surface area contributed by atoms with Crippen molar-refractivity contribution in [2.45, 2.75) is 25.8 Å². The summed E-state index contributed by atoms with van der Waals surface area (Å²) in [5, 5.41) is 3.62. The van der Waals surface area contributed by atoms with Crippen LogP contribution < -0.4 is 5.32 Å². The fourth-order valence-electron chi connectivity index (χ4n) is 1.87. The molecule has 0 radical (unpaired) electrons. The molecule has 0 aromatic heterocycles. The van der Waals surface area contributed by atoms with Gasteiger partial charge < -0.3 is 5.32 Å². The van der Waals surface area contributed by atoms with Crippen molar-refractivity contribution in [1.29, 1.82) is 0 Å². The summed E-state index contributed by atoms with van der Waals surface area (Å²) < 4.78 is 36.0. The molecule has 1 N–H and O–H groups in total. The lowest BCUT2D eigenvalue weighted by atomic mass is 10.1. The molecule has 0 aliphatic carbocycles. The highest BCUT2D eigenvalue weighted by molar-refractivity contribution is 7.90. The second-order valence-corrected chi connectivity index (χ2v) is 7.28. The van der Waals surface area contributed by atoms with Crippen molar-refractivity contribution in [1.82, 2.24) is 5.32 Å². The number of benzene rings is 1. The molecule has 0 aliphatic rings. The van der Waals surface area contributed by atoms with Crippen LogP contribution >= 0.6 is 11.6 Å². The maximum atomic E-state index is 13.2. The first-order valence-corrected chi connectivity index (χ1v) is 8.60. The Morgan fingerprint density at radius 2 is 2.11 bits per heavy atom. The number of nitrogens with one attached hydrogen (secondary N) is 1. The summed E-state index contributed by atoms with van der Waals surface area (Å²) >= 11 is 6.00. The number of hydrogen-bond acceptors (Lipinski definition) is 3. The fraction of sp³-hybridized carbons (Fsp3) is 0.538. The van der Waals surface area contributed by atoms with Crippen molar-refractivity contribution >= 4 is 21.4 Å². The lowest BCUT2D eigenvalue weighted by Crippen LogP contribution is -2.37. The molecule has 0 saturated carbocycles. The summed E-state index contributed by atoms with van der Waals surface area (Å²) in [6.07, 6.45) is 2.49. The molecule has 1 aromatic carbocycles. The Morgan fingerprint density at radius 1 is 1.42 bits per heavy atom. The minimum absolute atomic E-state index is 0.0137. The van der Waals surface area contributed by atoms with Crippen LogP contribution in [0.15, 0.2) is 18.2 Å². The van der Waals surface area contributed by atoms with Gasteiger partial charge in [0, 0.05) is 17.3 Å². The molecule has 0 heterocycles. The zero-order valence-electron chi connectivity index (χ0n) is 11.1. The van der Waals surface area contributed by atoms with E-state index < -0.39 is 9.84 Å². The summed E-state index contributed by atoms with van der Waals surface area (Å²) in [4.78, 5) is 0. The zero-order chi connectivity index (χ0) is 14.5. The van der Waals surface area contributed by atoms with Crippen LogP contribution in [0.25, 0.3) is 0 Å². The molecule has 1 aromatic rings. The number of sulfone groups is 1. The minimum atomic E-state index is -3.10. The third-order valence-electron chi connectivity index (χ3n) is 2.66. The molecule has 108 valence electrons. The topological polar surface area (TPSA) is 46.2 Å². The van der Waals surface area contributed by atoms with E-state index in [1.807, 2.05) is 6.92 Å². The maximum Gasteiger partial charge on any atom is 0.148 e. The van der Waals surface area contributed by atoms with Crippen molar-refractivity contribution in [2.24, 2.45) is 0 Å². The summed E-state index contributed by atoms with van der Waals surface area (Å²) in [5.41, 5.74) is 0.624. The highest BCUT2D eigenvalue weighted by atomic mass is 35.5. The van der Waals surface area contributed by atoms with E-state index in [9.17, 15) is 12.8 Å². The quantitative estimate of drug-likeness (QED) is 0.841. The van der Waals surface area contributed by atoms with Gasteiger partial charge >= 0.3 is 0 Å². The molecular formula is C13H19ClFNO2S. The van der Waals surface area contributed by atoms with Gasteiger partial charge in [0.2, 0.25) is 0 Å². The van der Waals surface area contributed by atoms with Gasteiger partial charge in [-0.2, -0.15) is 0 Å². The van der Waals surface area contributed by atoms with Crippen LogP contribution in [-0.2, 0) is 16.3 Å². The maximum absolute atomic E-state index is 13.2. The van der Waals surface area contributed by atoms with Crippen molar-refractivity contribution in [3.05, 3.63) is 34.6 Å². The normalized spacial score (nSPS) is 13.5. The highest BCUT2D eigenvalue weighted by Crippen LogP contribution is 2.19. The minimum Gasteiger partial charge on any atom is -0.313 e. The molecule has 0 bridgehead atoms. The Balaban J connectivity index is 2.83. The van der Waals surface area contributed by atoms with Gasteiger partial charge in [-0.3, -0.25) is 0 Å². The van der Waals surface area contributed by atoms with Gasteiger partial charge in [0.15, 0.2) is 0 Å². The Morgan fingerprint density at radius 3 is 2.68 bits per heavy atom. The van der Waals surface area contributed by atoms with Crippen LogP contribution in [0, 0.1) is 5.82 Å². The van der Waals surface area contributed by atoms with Crippen LogP contribution in [0.1, 0.15) is 18.9 Å². The van der Waals surface area contributed by atoms with Gasteiger partial charge in [-0.05, 0) is 43.1 Å². The number of halogens is 2. The van der Waals surface area contributed by atoms with E-state index in [1.165, 1.54) is 24.5 Å². The SMILES string of the molecule is CCCNC(Cc1cc(F)ccc1Cl)CS(C)(=O)=O. The van der Waals surface area contributed by atoms with E-state index in [-0.39, 0.29) is 17.6 Å². The summed E-state index contributed by atoms with van der Waals surface area (Å²) in [5.74, 6) is -0.354. The summed E-state index contributed by atoms with van der Waals surface area (Å²) in [6.45, 7) is 2.72. The van der Waals surface area contributed by atoms with E-state index in [4.69, 9.17) is 11.6 Å². The van der Waals surface area contributed by atoms with Gasteiger partial charge in [-0.1, -0.05) is 18.5 Å². The lowest BCUT2D eigenvalue weighted by Gasteiger charge is -2.18. The first-order valence-electron chi connectivity index (χ1n) is 6.17. The molecule has 1 atom stereocenters. The van der Waals surface area contributed by atoms with Crippen molar-refractivity contribution in [3.8, 4) is 0 Å². The van der Waals surface area contributed by atoms with Gasteiger partial charge in [0.05, 0.1) is 5.75 Å². The zero-order valence-corrected chi connectivity index (χ0v) is 12.7. The third-order valence-corrected chi connectivity index (χ3v) is 4.04. The molecule has 6 heteroatoms. The Labute approximate surface area is 119 Å². The standard InChI is InChI=1S/C13H19ClFNO2S/c1-3-6-16-12(9-19(2,17)18)8-10-7-11(15)4-5-13(10)14/h4-5,7,12,16H,3,6,8-9H2,1-2H3. The first kappa shape index (κ1) is 16.4. The summed E-state index contributed by atoms with van der Waals surface area (Å²) in [7, 11) is -3.10. The van der Waals surface area contributed by atoms with Gasteiger partial charge in [-0.15, -0.1) is 0 Å². The molecule has 0 fully saturated rings. The van der Waals surface area contributed by atoms with E-state index >= 15 is 0 Å². The third kappa shape index (κ3) is 6.36.